The largest absolute Gasteiger partial charge is 0.452 e. The summed E-state index contributed by atoms with van der Waals surface area (Å²) >= 11 is 7.72. The standard InChI is InChI=1S/C18H19ClN2O4S/c1-3-11(2)20-18(24)21-15(22)10-25-16(23)9-8-14-17(19)12-6-4-5-7-13(12)26-14/h4-9,11H,3,10H2,1-2H3,(H2,20,21,22,24)/b9-8+/t11-/m1/s1. The number of hydrogen-bond acceptors (Lipinski definition) is 5. The normalized spacial score (nSPS) is 12.1. The van der Waals surface area contributed by atoms with Crippen LogP contribution in [-0.4, -0.2) is 30.6 Å². The van der Waals surface area contributed by atoms with Crippen LogP contribution in [0.15, 0.2) is 30.3 Å². The Balaban J connectivity index is 1.84. The number of amides is 3. The van der Waals surface area contributed by atoms with Crippen molar-refractivity contribution in [1.29, 1.82) is 0 Å². The minimum absolute atomic E-state index is 0.0562. The van der Waals surface area contributed by atoms with Crippen LogP contribution < -0.4 is 10.6 Å². The van der Waals surface area contributed by atoms with E-state index in [0.717, 1.165) is 21.4 Å². The van der Waals surface area contributed by atoms with Gasteiger partial charge in [-0.3, -0.25) is 10.1 Å². The lowest BCUT2D eigenvalue weighted by atomic mass is 10.2. The molecule has 0 spiro atoms. The number of esters is 1. The fraction of sp³-hybridized carbons (Fsp3) is 0.278. The Hall–Kier alpha value is -2.38. The minimum Gasteiger partial charge on any atom is -0.452 e. The molecule has 0 unspecified atom stereocenters. The third kappa shape index (κ3) is 5.57. The van der Waals surface area contributed by atoms with Gasteiger partial charge in [0.15, 0.2) is 6.61 Å². The first-order chi connectivity index (χ1) is 12.4. The molecule has 2 rings (SSSR count). The van der Waals surface area contributed by atoms with Gasteiger partial charge in [0.2, 0.25) is 0 Å². The van der Waals surface area contributed by atoms with E-state index in [4.69, 9.17) is 16.3 Å². The fourth-order valence-corrected chi connectivity index (χ4v) is 3.39. The summed E-state index contributed by atoms with van der Waals surface area (Å²) in [6.45, 7) is 3.18. The van der Waals surface area contributed by atoms with E-state index < -0.39 is 24.5 Å². The van der Waals surface area contributed by atoms with E-state index in [0.29, 0.717) is 5.02 Å². The maximum absolute atomic E-state index is 11.7. The van der Waals surface area contributed by atoms with E-state index in [-0.39, 0.29) is 6.04 Å². The Morgan fingerprint density at radius 2 is 2.04 bits per heavy atom. The van der Waals surface area contributed by atoms with Gasteiger partial charge >= 0.3 is 12.0 Å². The lowest BCUT2D eigenvalue weighted by Gasteiger charge is -2.11. The highest BCUT2D eigenvalue weighted by molar-refractivity contribution is 7.20. The van der Waals surface area contributed by atoms with Gasteiger partial charge in [-0.2, -0.15) is 0 Å². The lowest BCUT2D eigenvalue weighted by molar-refractivity contribution is -0.143. The highest BCUT2D eigenvalue weighted by Crippen LogP contribution is 2.35. The molecule has 3 amide bonds. The molecule has 0 bridgehead atoms. The maximum Gasteiger partial charge on any atom is 0.331 e. The molecule has 0 aliphatic rings. The summed E-state index contributed by atoms with van der Waals surface area (Å²) < 4.78 is 5.83. The molecule has 2 N–H and O–H groups in total. The summed E-state index contributed by atoms with van der Waals surface area (Å²) in [5, 5.41) is 6.15. The average Bonchev–Trinajstić information content (AvgIpc) is 2.94. The van der Waals surface area contributed by atoms with E-state index in [1.807, 2.05) is 38.1 Å². The summed E-state index contributed by atoms with van der Waals surface area (Å²) in [6, 6.07) is 6.97. The Labute approximate surface area is 160 Å². The maximum atomic E-state index is 11.7. The Bertz CT molecular complexity index is 847. The lowest BCUT2D eigenvalue weighted by Crippen LogP contribution is -2.44. The van der Waals surface area contributed by atoms with Gasteiger partial charge in [-0.05, 0) is 25.5 Å². The molecule has 0 saturated heterocycles. The van der Waals surface area contributed by atoms with Gasteiger partial charge in [0.05, 0.1) is 5.02 Å². The molecule has 0 aliphatic heterocycles. The highest BCUT2D eigenvalue weighted by atomic mass is 35.5. The molecule has 0 fully saturated rings. The van der Waals surface area contributed by atoms with Crippen LogP contribution in [0.5, 0.6) is 0 Å². The van der Waals surface area contributed by atoms with Crippen molar-refractivity contribution in [3.8, 4) is 0 Å². The minimum atomic E-state index is -0.701. The molecule has 26 heavy (non-hydrogen) atoms. The van der Waals surface area contributed by atoms with Gasteiger partial charge in [-0.25, -0.2) is 9.59 Å². The van der Waals surface area contributed by atoms with Gasteiger partial charge in [0.25, 0.3) is 5.91 Å². The number of benzene rings is 1. The molecule has 138 valence electrons. The number of thiophene rings is 1. The van der Waals surface area contributed by atoms with Crippen molar-refractivity contribution >= 4 is 57.0 Å². The zero-order chi connectivity index (χ0) is 19.1. The number of carbonyl (C=O) groups excluding carboxylic acids is 3. The predicted octanol–water partition coefficient (Wildman–Crippen LogP) is 3.74. The first kappa shape index (κ1) is 19.9. The number of nitrogens with one attached hydrogen (secondary N) is 2. The van der Waals surface area contributed by atoms with Crippen LogP contribution in [0.2, 0.25) is 5.02 Å². The van der Waals surface area contributed by atoms with Crippen LogP contribution in [0.1, 0.15) is 25.1 Å². The van der Waals surface area contributed by atoms with Crippen molar-refractivity contribution in [1.82, 2.24) is 10.6 Å². The zero-order valence-corrected chi connectivity index (χ0v) is 15.9. The van der Waals surface area contributed by atoms with Crippen molar-refractivity contribution in [2.45, 2.75) is 26.3 Å². The van der Waals surface area contributed by atoms with Crippen LogP contribution in [0.25, 0.3) is 16.2 Å². The second-order valence-corrected chi connectivity index (χ2v) is 7.01. The monoisotopic (exact) mass is 394 g/mol. The molecule has 2 aromatic rings. The summed E-state index contributed by atoms with van der Waals surface area (Å²) in [7, 11) is 0. The molecule has 1 aromatic carbocycles. The molecular formula is C18H19ClN2O4S. The van der Waals surface area contributed by atoms with Crippen LogP contribution in [0, 0.1) is 0 Å². The zero-order valence-electron chi connectivity index (χ0n) is 14.4. The quantitative estimate of drug-likeness (QED) is 0.577. The summed E-state index contributed by atoms with van der Waals surface area (Å²) in [5.41, 5.74) is 0. The number of fused-ring (bicyclic) bond motifs is 1. The van der Waals surface area contributed by atoms with Gasteiger partial charge in [-0.15, -0.1) is 11.3 Å². The first-order valence-electron chi connectivity index (χ1n) is 8.03. The van der Waals surface area contributed by atoms with E-state index in [1.165, 1.54) is 17.4 Å². The number of halogens is 1. The van der Waals surface area contributed by atoms with E-state index >= 15 is 0 Å². The summed E-state index contributed by atoms with van der Waals surface area (Å²) in [5.74, 6) is -1.40. The topological polar surface area (TPSA) is 84.5 Å². The predicted molar refractivity (Wildman–Crippen MR) is 103 cm³/mol. The van der Waals surface area contributed by atoms with E-state index in [1.54, 1.807) is 6.08 Å². The molecule has 1 atom stereocenters. The summed E-state index contributed by atoms with van der Waals surface area (Å²) in [6.07, 6.45) is 3.48. The molecule has 0 saturated carbocycles. The number of rotatable bonds is 6. The number of imide groups is 1. The van der Waals surface area contributed by atoms with Crippen molar-refractivity contribution in [2.24, 2.45) is 0 Å². The molecule has 1 aromatic heterocycles. The number of hydrogen-bond donors (Lipinski definition) is 2. The van der Waals surface area contributed by atoms with E-state index in [2.05, 4.69) is 10.6 Å². The Morgan fingerprint density at radius 1 is 1.31 bits per heavy atom. The molecule has 1 heterocycles. The van der Waals surface area contributed by atoms with Gasteiger partial charge < -0.3 is 10.1 Å². The number of urea groups is 1. The van der Waals surface area contributed by atoms with Gasteiger partial charge in [-0.1, -0.05) is 36.7 Å². The Kier molecular flexibility index (Phi) is 7.17. The smallest absolute Gasteiger partial charge is 0.331 e. The number of carbonyl (C=O) groups is 3. The van der Waals surface area contributed by atoms with Crippen LogP contribution in [0.4, 0.5) is 4.79 Å². The van der Waals surface area contributed by atoms with E-state index in [9.17, 15) is 14.4 Å². The van der Waals surface area contributed by atoms with Gasteiger partial charge in [0.1, 0.15) is 0 Å². The molecule has 0 aliphatic carbocycles. The second kappa shape index (κ2) is 9.35. The number of ether oxygens (including phenoxy) is 1. The molecule has 8 heteroatoms. The molecule has 0 radical (unpaired) electrons. The van der Waals surface area contributed by atoms with Crippen LogP contribution in [-0.2, 0) is 14.3 Å². The Morgan fingerprint density at radius 3 is 2.73 bits per heavy atom. The molecular weight excluding hydrogens is 376 g/mol. The third-order valence-corrected chi connectivity index (χ3v) is 5.17. The fourth-order valence-electron chi connectivity index (χ4n) is 1.99. The van der Waals surface area contributed by atoms with Crippen molar-refractivity contribution in [3.05, 3.63) is 40.2 Å². The van der Waals surface area contributed by atoms with Crippen molar-refractivity contribution in [2.75, 3.05) is 6.61 Å². The highest BCUT2D eigenvalue weighted by Gasteiger charge is 2.12. The first-order valence-corrected chi connectivity index (χ1v) is 9.22. The second-order valence-electron chi connectivity index (χ2n) is 5.55. The van der Waals surface area contributed by atoms with Crippen molar-refractivity contribution in [3.63, 3.8) is 0 Å². The summed E-state index contributed by atoms with van der Waals surface area (Å²) in [4.78, 5) is 35.5. The van der Waals surface area contributed by atoms with Crippen LogP contribution >= 0.6 is 22.9 Å². The average molecular weight is 395 g/mol. The molecule has 6 nitrogen and oxygen atoms in total. The third-order valence-electron chi connectivity index (χ3n) is 3.52. The van der Waals surface area contributed by atoms with Crippen LogP contribution in [0.3, 0.4) is 0 Å². The van der Waals surface area contributed by atoms with Gasteiger partial charge in [0, 0.05) is 27.1 Å². The SMILES string of the molecule is CC[C@@H](C)NC(=O)NC(=O)COC(=O)/C=C/c1sc2ccccc2c1Cl. The van der Waals surface area contributed by atoms with Crippen molar-refractivity contribution < 1.29 is 19.1 Å².